The molecular weight excluding hydrogens is 302 g/mol. The number of piperidine rings is 1. The number of hydrogen-bond donors (Lipinski definition) is 2. The van der Waals surface area contributed by atoms with Crippen LogP contribution < -0.4 is 11.1 Å². The fourth-order valence-corrected chi connectivity index (χ4v) is 3.57. The fourth-order valence-electron chi connectivity index (χ4n) is 3.57. The van der Waals surface area contributed by atoms with Crippen LogP contribution in [0.25, 0.3) is 10.8 Å². The molecule has 24 heavy (non-hydrogen) atoms. The van der Waals surface area contributed by atoms with Crippen LogP contribution in [0.15, 0.2) is 42.5 Å². The highest BCUT2D eigenvalue weighted by Crippen LogP contribution is 2.33. The third-order valence-corrected chi connectivity index (χ3v) is 4.80. The molecule has 1 saturated heterocycles. The number of likely N-dealkylation sites (tertiary alicyclic amines) is 1. The molecule has 0 bridgehead atoms. The molecule has 3 N–H and O–H groups in total. The molecule has 126 valence electrons. The molecule has 0 saturated carbocycles. The first kappa shape index (κ1) is 16.3. The van der Waals surface area contributed by atoms with Crippen molar-refractivity contribution in [2.24, 2.45) is 5.73 Å². The average molecular weight is 325 g/mol. The Kier molecular flexibility index (Phi) is 4.69. The summed E-state index contributed by atoms with van der Waals surface area (Å²) < 4.78 is 0. The quantitative estimate of drug-likeness (QED) is 0.910. The normalized spacial score (nSPS) is 16.8. The molecule has 1 aliphatic rings. The van der Waals surface area contributed by atoms with Gasteiger partial charge in [-0.2, -0.15) is 0 Å². The van der Waals surface area contributed by atoms with Gasteiger partial charge in [-0.05, 0) is 42.0 Å². The number of hydrogen-bond acceptors (Lipinski definition) is 2. The van der Waals surface area contributed by atoms with Gasteiger partial charge in [0.15, 0.2) is 0 Å². The van der Waals surface area contributed by atoms with Crippen LogP contribution in [0.5, 0.6) is 0 Å². The van der Waals surface area contributed by atoms with Gasteiger partial charge in [0.25, 0.3) is 0 Å². The molecule has 0 aliphatic carbocycles. The van der Waals surface area contributed by atoms with Gasteiger partial charge in [-0.15, -0.1) is 0 Å². The Hall–Kier alpha value is -2.56. The van der Waals surface area contributed by atoms with Crippen LogP contribution >= 0.6 is 0 Å². The van der Waals surface area contributed by atoms with Crippen molar-refractivity contribution < 1.29 is 9.59 Å². The summed E-state index contributed by atoms with van der Waals surface area (Å²) in [5.41, 5.74) is 6.46. The van der Waals surface area contributed by atoms with Crippen LogP contribution in [0.2, 0.25) is 0 Å². The van der Waals surface area contributed by atoms with Gasteiger partial charge >= 0.3 is 6.03 Å². The summed E-state index contributed by atoms with van der Waals surface area (Å²) >= 11 is 0. The summed E-state index contributed by atoms with van der Waals surface area (Å²) in [6.07, 6.45) is 1.87. The molecule has 3 amide bonds. The second kappa shape index (κ2) is 6.91. The first-order valence-corrected chi connectivity index (χ1v) is 8.38. The monoisotopic (exact) mass is 325 g/mol. The predicted molar refractivity (Wildman–Crippen MR) is 94.7 cm³/mol. The highest BCUT2D eigenvalue weighted by Gasteiger charge is 2.27. The molecule has 1 fully saturated rings. The Balaban J connectivity index is 1.68. The second-order valence-corrected chi connectivity index (χ2v) is 6.40. The Morgan fingerprint density at radius 3 is 2.50 bits per heavy atom. The number of carbonyl (C=O) groups is 2. The Morgan fingerprint density at radius 1 is 1.12 bits per heavy atom. The van der Waals surface area contributed by atoms with E-state index in [4.69, 9.17) is 5.73 Å². The minimum atomic E-state index is -0.665. The van der Waals surface area contributed by atoms with Crippen molar-refractivity contribution in [2.75, 3.05) is 13.1 Å². The van der Waals surface area contributed by atoms with Gasteiger partial charge < -0.3 is 16.0 Å². The summed E-state index contributed by atoms with van der Waals surface area (Å²) in [4.78, 5) is 25.1. The first-order valence-electron chi connectivity index (χ1n) is 8.38. The number of nitrogens with two attached hydrogens (primary N) is 1. The Labute approximate surface area is 141 Å². The number of rotatable bonds is 3. The van der Waals surface area contributed by atoms with Gasteiger partial charge in [0.05, 0.1) is 0 Å². The van der Waals surface area contributed by atoms with Crippen LogP contribution in [-0.2, 0) is 4.79 Å². The molecule has 3 rings (SSSR count). The SMILES string of the molecule is C[C@H](NC(N)=O)C(=O)N1CCC(c2cccc3ccccc23)CC1. The van der Waals surface area contributed by atoms with E-state index >= 15 is 0 Å². The number of fused-ring (bicyclic) bond motifs is 1. The number of nitrogens with zero attached hydrogens (tertiary/aromatic N) is 1. The number of benzene rings is 2. The molecule has 0 radical (unpaired) electrons. The molecule has 0 aromatic heterocycles. The molecule has 0 unspecified atom stereocenters. The predicted octanol–water partition coefficient (Wildman–Crippen LogP) is 2.60. The summed E-state index contributed by atoms with van der Waals surface area (Å²) in [5, 5.41) is 5.01. The van der Waals surface area contributed by atoms with Crippen LogP contribution in [-0.4, -0.2) is 36.0 Å². The molecular formula is C19H23N3O2. The lowest BCUT2D eigenvalue weighted by Crippen LogP contribution is -2.50. The van der Waals surface area contributed by atoms with Gasteiger partial charge in [-0.1, -0.05) is 42.5 Å². The maximum atomic E-state index is 12.3. The number of urea groups is 1. The van der Waals surface area contributed by atoms with E-state index in [1.165, 1.54) is 16.3 Å². The average Bonchev–Trinajstić information content (AvgIpc) is 2.60. The number of carbonyl (C=O) groups excluding carboxylic acids is 2. The van der Waals surface area contributed by atoms with E-state index in [0.717, 1.165) is 12.8 Å². The second-order valence-electron chi connectivity index (χ2n) is 6.40. The lowest BCUT2D eigenvalue weighted by molar-refractivity contribution is -0.133. The zero-order chi connectivity index (χ0) is 17.1. The summed E-state index contributed by atoms with van der Waals surface area (Å²) in [6.45, 7) is 3.08. The van der Waals surface area contributed by atoms with Crippen molar-refractivity contribution in [2.45, 2.75) is 31.7 Å². The molecule has 5 heteroatoms. The minimum absolute atomic E-state index is 0.0647. The van der Waals surface area contributed by atoms with E-state index in [1.54, 1.807) is 6.92 Å². The van der Waals surface area contributed by atoms with Crippen molar-refractivity contribution in [3.63, 3.8) is 0 Å². The Bertz CT molecular complexity index is 746. The first-order chi connectivity index (χ1) is 11.6. The molecule has 2 aromatic carbocycles. The van der Waals surface area contributed by atoms with Crippen molar-refractivity contribution in [1.29, 1.82) is 0 Å². The molecule has 0 spiro atoms. The van der Waals surface area contributed by atoms with Crippen LogP contribution in [0.3, 0.4) is 0 Å². The van der Waals surface area contributed by atoms with Gasteiger partial charge in [0.2, 0.25) is 5.91 Å². The van der Waals surface area contributed by atoms with E-state index < -0.39 is 12.1 Å². The smallest absolute Gasteiger partial charge is 0.312 e. The molecule has 1 aliphatic heterocycles. The van der Waals surface area contributed by atoms with E-state index in [9.17, 15) is 9.59 Å². The largest absolute Gasteiger partial charge is 0.352 e. The summed E-state index contributed by atoms with van der Waals surface area (Å²) in [5.74, 6) is 0.393. The van der Waals surface area contributed by atoms with Crippen molar-refractivity contribution in [3.8, 4) is 0 Å². The van der Waals surface area contributed by atoms with Gasteiger partial charge in [-0.25, -0.2) is 4.79 Å². The number of nitrogens with one attached hydrogen (secondary N) is 1. The molecule has 5 nitrogen and oxygen atoms in total. The highest BCUT2D eigenvalue weighted by molar-refractivity contribution is 5.87. The third-order valence-electron chi connectivity index (χ3n) is 4.80. The molecule has 1 heterocycles. The Morgan fingerprint density at radius 2 is 1.79 bits per heavy atom. The van der Waals surface area contributed by atoms with Crippen LogP contribution in [0.1, 0.15) is 31.2 Å². The number of primary amides is 1. The lowest BCUT2D eigenvalue weighted by atomic mass is 9.86. The van der Waals surface area contributed by atoms with E-state index in [2.05, 4.69) is 47.8 Å². The summed E-state index contributed by atoms with van der Waals surface area (Å²) in [6, 6.07) is 13.6. The van der Waals surface area contributed by atoms with Crippen LogP contribution in [0.4, 0.5) is 4.79 Å². The maximum absolute atomic E-state index is 12.3. The van der Waals surface area contributed by atoms with Crippen molar-refractivity contribution in [3.05, 3.63) is 48.0 Å². The van der Waals surface area contributed by atoms with E-state index in [-0.39, 0.29) is 5.91 Å². The van der Waals surface area contributed by atoms with Crippen molar-refractivity contribution >= 4 is 22.7 Å². The molecule has 2 aromatic rings. The third kappa shape index (κ3) is 3.35. The van der Waals surface area contributed by atoms with E-state index in [0.29, 0.717) is 19.0 Å². The zero-order valence-electron chi connectivity index (χ0n) is 13.9. The van der Waals surface area contributed by atoms with E-state index in [1.807, 2.05) is 4.90 Å². The lowest BCUT2D eigenvalue weighted by Gasteiger charge is -2.34. The standard InChI is InChI=1S/C19H23N3O2/c1-13(21-19(20)24)18(23)22-11-9-15(10-12-22)17-8-4-6-14-5-2-3-7-16(14)17/h2-8,13,15H,9-12H2,1H3,(H3,20,21,24)/t13-/m0/s1. The van der Waals surface area contributed by atoms with Gasteiger partial charge in [-0.3, -0.25) is 4.79 Å². The van der Waals surface area contributed by atoms with Crippen molar-refractivity contribution in [1.82, 2.24) is 10.2 Å². The topological polar surface area (TPSA) is 75.4 Å². The molecule has 1 atom stereocenters. The van der Waals surface area contributed by atoms with Crippen LogP contribution in [0, 0.1) is 0 Å². The number of amides is 3. The minimum Gasteiger partial charge on any atom is -0.352 e. The van der Waals surface area contributed by atoms with Gasteiger partial charge in [0.1, 0.15) is 6.04 Å². The van der Waals surface area contributed by atoms with Gasteiger partial charge in [0, 0.05) is 13.1 Å². The fraction of sp³-hybridized carbons (Fsp3) is 0.368. The maximum Gasteiger partial charge on any atom is 0.312 e. The summed E-state index contributed by atoms with van der Waals surface area (Å²) in [7, 11) is 0. The highest BCUT2D eigenvalue weighted by atomic mass is 16.2. The zero-order valence-corrected chi connectivity index (χ0v) is 13.9.